The highest BCUT2D eigenvalue weighted by Crippen LogP contribution is 2.27. The van der Waals surface area contributed by atoms with Crippen LogP contribution in [0.3, 0.4) is 0 Å². The summed E-state index contributed by atoms with van der Waals surface area (Å²) in [5, 5.41) is 2.61. The molecule has 0 bridgehead atoms. The number of ether oxygens (including phenoxy) is 2. The van der Waals surface area contributed by atoms with E-state index in [1.807, 2.05) is 19.1 Å². The molecule has 0 radical (unpaired) electrons. The summed E-state index contributed by atoms with van der Waals surface area (Å²) in [5.74, 6) is 0.898. The van der Waals surface area contributed by atoms with Crippen molar-refractivity contribution in [3.05, 3.63) is 53.8 Å². The monoisotopic (exact) mass is 349 g/mol. The minimum Gasteiger partial charge on any atom is -0.493 e. The minimum atomic E-state index is -0.287. The van der Waals surface area contributed by atoms with Crippen LogP contribution < -0.4 is 14.8 Å². The molecular weight excluding hydrogens is 329 g/mol. The number of hydrogen-bond donors (Lipinski definition) is 1. The summed E-state index contributed by atoms with van der Waals surface area (Å²) < 4.78 is 23.3. The second kappa shape index (κ2) is 8.59. The number of carbonyl (C=O) groups is 1. The van der Waals surface area contributed by atoms with Gasteiger partial charge in [-0.15, -0.1) is 11.8 Å². The number of benzene rings is 2. The van der Waals surface area contributed by atoms with E-state index < -0.39 is 0 Å². The predicted octanol–water partition coefficient (Wildman–Crippen LogP) is 3.64. The van der Waals surface area contributed by atoms with Gasteiger partial charge < -0.3 is 14.8 Å². The number of amides is 1. The van der Waals surface area contributed by atoms with Gasteiger partial charge in [0.1, 0.15) is 5.82 Å². The SMILES string of the molecule is COc1ccc(CNC(=O)C(C)Sc2ccc(F)cc2)cc1OC. The van der Waals surface area contributed by atoms with Crippen LogP contribution in [0.4, 0.5) is 4.39 Å². The Morgan fingerprint density at radius 2 is 1.79 bits per heavy atom. The second-order valence-electron chi connectivity index (χ2n) is 5.12. The summed E-state index contributed by atoms with van der Waals surface area (Å²) in [5.41, 5.74) is 0.917. The standard InChI is InChI=1S/C18H20FNO3S/c1-12(24-15-7-5-14(19)6-8-15)18(21)20-11-13-4-9-16(22-2)17(10-13)23-3/h4-10,12H,11H2,1-3H3,(H,20,21). The van der Waals surface area contributed by atoms with E-state index in [9.17, 15) is 9.18 Å². The maximum Gasteiger partial charge on any atom is 0.233 e. The number of hydrogen-bond acceptors (Lipinski definition) is 4. The van der Waals surface area contributed by atoms with Crippen LogP contribution in [0.1, 0.15) is 12.5 Å². The van der Waals surface area contributed by atoms with Gasteiger partial charge in [0.25, 0.3) is 0 Å². The second-order valence-corrected chi connectivity index (χ2v) is 6.54. The molecule has 0 heterocycles. The lowest BCUT2D eigenvalue weighted by Gasteiger charge is -2.13. The summed E-state index contributed by atoms with van der Waals surface area (Å²) in [7, 11) is 3.15. The van der Waals surface area contributed by atoms with E-state index in [-0.39, 0.29) is 17.0 Å². The van der Waals surface area contributed by atoms with Gasteiger partial charge in [0.05, 0.1) is 19.5 Å². The van der Waals surface area contributed by atoms with Gasteiger partial charge in [-0.3, -0.25) is 4.79 Å². The Kier molecular flexibility index (Phi) is 6.49. The molecule has 0 aliphatic carbocycles. The molecule has 24 heavy (non-hydrogen) atoms. The lowest BCUT2D eigenvalue weighted by atomic mass is 10.2. The van der Waals surface area contributed by atoms with Gasteiger partial charge in [-0.05, 0) is 48.9 Å². The average molecular weight is 349 g/mol. The first-order valence-electron chi connectivity index (χ1n) is 7.44. The van der Waals surface area contributed by atoms with E-state index in [1.165, 1.54) is 23.9 Å². The van der Waals surface area contributed by atoms with Gasteiger partial charge in [0, 0.05) is 11.4 Å². The molecule has 0 spiro atoms. The zero-order chi connectivity index (χ0) is 17.5. The maximum absolute atomic E-state index is 12.9. The topological polar surface area (TPSA) is 47.6 Å². The van der Waals surface area contributed by atoms with Crippen molar-refractivity contribution >= 4 is 17.7 Å². The van der Waals surface area contributed by atoms with E-state index in [0.29, 0.717) is 18.0 Å². The van der Waals surface area contributed by atoms with Crippen LogP contribution in [-0.2, 0) is 11.3 Å². The molecule has 1 N–H and O–H groups in total. The van der Waals surface area contributed by atoms with Crippen LogP contribution in [0, 0.1) is 5.82 Å². The van der Waals surface area contributed by atoms with Gasteiger partial charge in [0.15, 0.2) is 11.5 Å². The van der Waals surface area contributed by atoms with Crippen LogP contribution >= 0.6 is 11.8 Å². The van der Waals surface area contributed by atoms with Crippen LogP contribution in [0.5, 0.6) is 11.5 Å². The summed E-state index contributed by atoms with van der Waals surface area (Å²) in [4.78, 5) is 13.1. The quantitative estimate of drug-likeness (QED) is 0.776. The van der Waals surface area contributed by atoms with Crippen molar-refractivity contribution in [3.8, 4) is 11.5 Å². The lowest BCUT2D eigenvalue weighted by Crippen LogP contribution is -2.30. The summed E-state index contributed by atoms with van der Waals surface area (Å²) in [6.07, 6.45) is 0. The molecule has 128 valence electrons. The normalized spacial score (nSPS) is 11.7. The highest BCUT2D eigenvalue weighted by molar-refractivity contribution is 8.00. The fraction of sp³-hybridized carbons (Fsp3) is 0.278. The first kappa shape index (κ1) is 18.1. The fourth-order valence-electron chi connectivity index (χ4n) is 2.09. The Morgan fingerprint density at radius 1 is 1.12 bits per heavy atom. The lowest BCUT2D eigenvalue weighted by molar-refractivity contribution is -0.120. The molecule has 0 saturated carbocycles. The maximum atomic E-state index is 12.9. The molecule has 1 atom stereocenters. The molecule has 0 aromatic heterocycles. The van der Waals surface area contributed by atoms with E-state index in [1.54, 1.807) is 32.4 Å². The van der Waals surface area contributed by atoms with Crippen LogP contribution in [0.25, 0.3) is 0 Å². The molecule has 6 heteroatoms. The number of methoxy groups -OCH3 is 2. The summed E-state index contributed by atoms with van der Waals surface area (Å²) in [6, 6.07) is 11.6. The van der Waals surface area contributed by atoms with E-state index in [0.717, 1.165) is 10.5 Å². The van der Waals surface area contributed by atoms with Crippen molar-refractivity contribution in [2.45, 2.75) is 23.6 Å². The Hall–Kier alpha value is -2.21. The molecule has 0 aliphatic heterocycles. The highest BCUT2D eigenvalue weighted by atomic mass is 32.2. The molecule has 0 aliphatic rings. The van der Waals surface area contributed by atoms with Crippen molar-refractivity contribution in [2.24, 2.45) is 0 Å². The minimum absolute atomic E-state index is 0.0842. The largest absolute Gasteiger partial charge is 0.493 e. The molecule has 2 aromatic carbocycles. The summed E-state index contributed by atoms with van der Waals surface area (Å²) in [6.45, 7) is 2.21. The molecule has 0 fully saturated rings. The summed E-state index contributed by atoms with van der Waals surface area (Å²) >= 11 is 1.39. The first-order chi connectivity index (χ1) is 11.5. The molecule has 2 aromatic rings. The zero-order valence-corrected chi connectivity index (χ0v) is 14.7. The number of thioether (sulfide) groups is 1. The van der Waals surface area contributed by atoms with Gasteiger partial charge in [-0.1, -0.05) is 6.07 Å². The molecule has 2 rings (SSSR count). The van der Waals surface area contributed by atoms with Gasteiger partial charge >= 0.3 is 0 Å². The van der Waals surface area contributed by atoms with Gasteiger partial charge in [-0.2, -0.15) is 0 Å². The molecular formula is C18H20FNO3S. The van der Waals surface area contributed by atoms with E-state index in [2.05, 4.69) is 5.32 Å². The Balaban J connectivity index is 1.91. The number of rotatable bonds is 7. The Morgan fingerprint density at radius 3 is 2.42 bits per heavy atom. The van der Waals surface area contributed by atoms with E-state index >= 15 is 0 Å². The third kappa shape index (κ3) is 4.89. The fourth-order valence-corrected chi connectivity index (χ4v) is 2.99. The molecule has 1 unspecified atom stereocenters. The van der Waals surface area contributed by atoms with Crippen molar-refractivity contribution < 1.29 is 18.7 Å². The average Bonchev–Trinajstić information content (AvgIpc) is 2.61. The van der Waals surface area contributed by atoms with Crippen molar-refractivity contribution in [1.82, 2.24) is 5.32 Å². The molecule has 4 nitrogen and oxygen atoms in total. The highest BCUT2D eigenvalue weighted by Gasteiger charge is 2.14. The molecule has 1 amide bonds. The smallest absolute Gasteiger partial charge is 0.233 e. The number of carbonyl (C=O) groups excluding carboxylic acids is 1. The third-order valence-electron chi connectivity index (χ3n) is 3.41. The first-order valence-corrected chi connectivity index (χ1v) is 8.32. The van der Waals surface area contributed by atoms with E-state index in [4.69, 9.17) is 9.47 Å². The third-order valence-corrected chi connectivity index (χ3v) is 4.52. The van der Waals surface area contributed by atoms with Crippen LogP contribution in [0.2, 0.25) is 0 Å². The van der Waals surface area contributed by atoms with Crippen molar-refractivity contribution in [3.63, 3.8) is 0 Å². The van der Waals surface area contributed by atoms with Crippen molar-refractivity contribution in [1.29, 1.82) is 0 Å². The zero-order valence-electron chi connectivity index (χ0n) is 13.8. The number of halogens is 1. The van der Waals surface area contributed by atoms with Gasteiger partial charge in [0.2, 0.25) is 5.91 Å². The molecule has 0 saturated heterocycles. The van der Waals surface area contributed by atoms with Crippen LogP contribution in [-0.4, -0.2) is 25.4 Å². The van der Waals surface area contributed by atoms with Gasteiger partial charge in [-0.25, -0.2) is 4.39 Å². The van der Waals surface area contributed by atoms with Crippen molar-refractivity contribution in [2.75, 3.05) is 14.2 Å². The van der Waals surface area contributed by atoms with Crippen LogP contribution in [0.15, 0.2) is 47.4 Å². The Bertz CT molecular complexity index is 691. The Labute approximate surface area is 145 Å². The number of nitrogens with one attached hydrogen (secondary N) is 1. The predicted molar refractivity (Wildman–Crippen MR) is 93.1 cm³/mol.